The molecule has 0 bridgehead atoms. The number of rotatable bonds is 6. The zero-order valence-corrected chi connectivity index (χ0v) is 15.8. The Hall–Kier alpha value is -2.52. The largest absolute Gasteiger partial charge is 0.414 e. The lowest BCUT2D eigenvalue weighted by molar-refractivity contribution is -0.113. The summed E-state index contributed by atoms with van der Waals surface area (Å²) in [6, 6.07) is 15.6. The normalized spacial score (nSPS) is 12.6. The van der Waals surface area contributed by atoms with Crippen molar-refractivity contribution in [3.05, 3.63) is 72.1 Å². The van der Waals surface area contributed by atoms with Crippen LogP contribution in [0.3, 0.4) is 0 Å². The van der Waals surface area contributed by atoms with Crippen molar-refractivity contribution in [2.24, 2.45) is 0 Å². The van der Waals surface area contributed by atoms with Gasteiger partial charge in [0.25, 0.3) is 5.91 Å². The predicted octanol–water partition coefficient (Wildman–Crippen LogP) is 4.80. The lowest BCUT2D eigenvalue weighted by Crippen LogP contribution is -2.20. The maximum Gasteiger partial charge on any atom is 0.414 e. The number of carbonyl (C=O) groups excluding carboxylic acids is 1. The van der Waals surface area contributed by atoms with E-state index in [0.29, 0.717) is 18.3 Å². The van der Waals surface area contributed by atoms with E-state index in [2.05, 4.69) is 15.6 Å². The molecule has 0 spiro atoms. The fourth-order valence-electron chi connectivity index (χ4n) is 2.29. The average Bonchev–Trinajstić information content (AvgIpc) is 3.12. The zero-order chi connectivity index (χ0) is 20.1. The Morgan fingerprint density at radius 3 is 2.54 bits per heavy atom. The number of alkyl halides is 4. The van der Waals surface area contributed by atoms with Crippen molar-refractivity contribution in [3.8, 4) is 0 Å². The molecule has 1 amide bonds. The first-order valence-electron chi connectivity index (χ1n) is 8.05. The minimum Gasteiger partial charge on any atom is -0.320 e. The highest BCUT2D eigenvalue weighted by molar-refractivity contribution is 8.01. The number of carbonyl (C=O) groups is 1. The summed E-state index contributed by atoms with van der Waals surface area (Å²) < 4.78 is 37.5. The van der Waals surface area contributed by atoms with Crippen LogP contribution in [0.25, 0.3) is 0 Å². The second kappa shape index (κ2) is 8.66. The second-order valence-electron chi connectivity index (χ2n) is 5.71. The van der Waals surface area contributed by atoms with Crippen LogP contribution in [0.5, 0.6) is 0 Å². The van der Waals surface area contributed by atoms with E-state index < -0.39 is 16.8 Å². The minimum atomic E-state index is -4.57. The summed E-state index contributed by atoms with van der Waals surface area (Å²) in [5.41, 5.74) is 1.25. The van der Waals surface area contributed by atoms with Gasteiger partial charge in [0.1, 0.15) is 0 Å². The number of nitrogens with one attached hydrogen (secondary N) is 1. The van der Waals surface area contributed by atoms with Crippen molar-refractivity contribution in [1.29, 1.82) is 0 Å². The number of hydrogen-bond acceptors (Lipinski definition) is 4. The van der Waals surface area contributed by atoms with Crippen LogP contribution in [-0.2, 0) is 6.54 Å². The number of halogens is 4. The molecule has 5 nitrogen and oxygen atoms in total. The predicted molar refractivity (Wildman–Crippen MR) is 102 cm³/mol. The number of nitrogens with zero attached hydrogens (tertiary/aromatic N) is 3. The number of para-hydroxylation sites is 1. The van der Waals surface area contributed by atoms with Gasteiger partial charge in [-0.2, -0.15) is 13.2 Å². The standard InChI is InChI=1S/C18H14ClF3N4OS/c19-17(18(20,21)22)28-15-9-5-4-8-13(15)23-16(27)14-11-26(25-24-14)10-12-6-2-1-3-7-12/h1-9,11,17H,10H2,(H,23,27). The first-order valence-corrected chi connectivity index (χ1v) is 9.36. The monoisotopic (exact) mass is 426 g/mol. The highest BCUT2D eigenvalue weighted by Gasteiger charge is 2.39. The molecule has 1 unspecified atom stereocenters. The number of benzene rings is 2. The fourth-order valence-corrected chi connectivity index (χ4v) is 3.34. The van der Waals surface area contributed by atoms with E-state index in [-0.39, 0.29) is 16.3 Å². The Morgan fingerprint density at radius 2 is 1.82 bits per heavy atom. The van der Waals surface area contributed by atoms with Gasteiger partial charge in [0.15, 0.2) is 10.4 Å². The topological polar surface area (TPSA) is 59.8 Å². The molecule has 0 radical (unpaired) electrons. The SMILES string of the molecule is O=C(Nc1ccccc1SC(Cl)C(F)(F)F)c1cn(Cc2ccccc2)nn1. The number of hydrogen-bond donors (Lipinski definition) is 1. The highest BCUT2D eigenvalue weighted by atomic mass is 35.5. The molecule has 0 fully saturated rings. The van der Waals surface area contributed by atoms with Crippen LogP contribution in [0.1, 0.15) is 16.1 Å². The third kappa shape index (κ3) is 5.26. The first kappa shape index (κ1) is 20.2. The molecule has 1 heterocycles. The van der Waals surface area contributed by atoms with Crippen molar-refractivity contribution in [2.75, 3.05) is 5.32 Å². The number of aromatic nitrogens is 3. The van der Waals surface area contributed by atoms with Gasteiger partial charge in [0.05, 0.1) is 18.4 Å². The van der Waals surface area contributed by atoms with E-state index in [9.17, 15) is 18.0 Å². The van der Waals surface area contributed by atoms with Crippen molar-refractivity contribution >= 4 is 35.0 Å². The van der Waals surface area contributed by atoms with Crippen molar-refractivity contribution < 1.29 is 18.0 Å². The second-order valence-corrected chi connectivity index (χ2v) is 7.55. The Balaban J connectivity index is 1.70. The summed E-state index contributed by atoms with van der Waals surface area (Å²) in [6.45, 7) is 0.438. The summed E-state index contributed by atoms with van der Waals surface area (Å²) in [7, 11) is 0. The van der Waals surface area contributed by atoms with Crippen molar-refractivity contribution in [2.45, 2.75) is 22.3 Å². The van der Waals surface area contributed by atoms with E-state index in [0.717, 1.165) is 5.56 Å². The van der Waals surface area contributed by atoms with E-state index in [1.807, 2.05) is 30.3 Å². The molecule has 0 aliphatic carbocycles. The van der Waals surface area contributed by atoms with Gasteiger partial charge in [0, 0.05) is 4.90 Å². The highest BCUT2D eigenvalue weighted by Crippen LogP contribution is 2.40. The van der Waals surface area contributed by atoms with Crippen LogP contribution in [0.15, 0.2) is 65.7 Å². The molecule has 1 aromatic heterocycles. The molecule has 0 aliphatic rings. The van der Waals surface area contributed by atoms with Gasteiger partial charge in [-0.1, -0.05) is 59.4 Å². The lowest BCUT2D eigenvalue weighted by Gasteiger charge is -2.15. The van der Waals surface area contributed by atoms with Gasteiger partial charge in [-0.25, -0.2) is 4.68 Å². The van der Waals surface area contributed by atoms with Crippen LogP contribution >= 0.6 is 23.4 Å². The molecular formula is C18H14ClF3N4OS. The molecule has 1 atom stereocenters. The molecule has 3 aromatic rings. The summed E-state index contributed by atoms with van der Waals surface area (Å²) in [5.74, 6) is -0.578. The van der Waals surface area contributed by atoms with E-state index >= 15 is 0 Å². The van der Waals surface area contributed by atoms with Gasteiger partial charge in [-0.15, -0.1) is 16.7 Å². The average molecular weight is 427 g/mol. The lowest BCUT2D eigenvalue weighted by atomic mass is 10.2. The molecule has 0 saturated carbocycles. The Labute approximate surface area is 167 Å². The quantitative estimate of drug-likeness (QED) is 0.454. The van der Waals surface area contributed by atoms with Crippen molar-refractivity contribution in [1.82, 2.24) is 15.0 Å². The molecule has 0 aliphatic heterocycles. The summed E-state index contributed by atoms with van der Waals surface area (Å²) >= 11 is 5.80. The van der Waals surface area contributed by atoms with Gasteiger partial charge < -0.3 is 5.32 Å². The van der Waals surface area contributed by atoms with Crippen LogP contribution in [-0.4, -0.2) is 31.8 Å². The van der Waals surface area contributed by atoms with E-state index in [1.165, 1.54) is 23.0 Å². The molecular weight excluding hydrogens is 413 g/mol. The van der Waals surface area contributed by atoms with E-state index in [1.54, 1.807) is 12.1 Å². The van der Waals surface area contributed by atoms with Crippen LogP contribution < -0.4 is 5.32 Å². The van der Waals surface area contributed by atoms with Gasteiger partial charge in [-0.05, 0) is 17.7 Å². The first-order chi connectivity index (χ1) is 13.3. The van der Waals surface area contributed by atoms with Crippen LogP contribution in [0.2, 0.25) is 0 Å². The van der Waals surface area contributed by atoms with Gasteiger partial charge in [-0.3, -0.25) is 4.79 Å². The Bertz CT molecular complexity index is 949. The number of thioether (sulfide) groups is 1. The molecule has 1 N–H and O–H groups in total. The summed E-state index contributed by atoms with van der Waals surface area (Å²) in [4.78, 5) is 12.6. The third-order valence-corrected chi connectivity index (χ3v) is 5.18. The van der Waals surface area contributed by atoms with Gasteiger partial charge in [0.2, 0.25) is 0 Å². The molecule has 28 heavy (non-hydrogen) atoms. The molecule has 10 heteroatoms. The minimum absolute atomic E-state index is 0.0500. The smallest absolute Gasteiger partial charge is 0.320 e. The Kier molecular flexibility index (Phi) is 6.25. The van der Waals surface area contributed by atoms with Crippen LogP contribution in [0, 0.1) is 0 Å². The molecule has 3 rings (SSSR count). The molecule has 2 aromatic carbocycles. The maximum atomic E-state index is 12.7. The Morgan fingerprint density at radius 1 is 1.14 bits per heavy atom. The molecule has 0 saturated heterocycles. The maximum absolute atomic E-state index is 12.7. The van der Waals surface area contributed by atoms with E-state index in [4.69, 9.17) is 11.6 Å². The third-order valence-electron chi connectivity index (χ3n) is 3.58. The van der Waals surface area contributed by atoms with Crippen molar-refractivity contribution in [3.63, 3.8) is 0 Å². The summed E-state index contributed by atoms with van der Waals surface area (Å²) in [5, 5.41) is 10.3. The fraction of sp³-hybridized carbons (Fsp3) is 0.167. The summed E-state index contributed by atoms with van der Waals surface area (Å²) in [6.07, 6.45) is -3.10. The number of amides is 1. The zero-order valence-electron chi connectivity index (χ0n) is 14.2. The van der Waals surface area contributed by atoms with Gasteiger partial charge >= 0.3 is 6.18 Å². The van der Waals surface area contributed by atoms with Crippen LogP contribution in [0.4, 0.5) is 18.9 Å². The molecule has 146 valence electrons. The number of anilines is 1.